The van der Waals surface area contributed by atoms with Crippen molar-refractivity contribution in [1.29, 1.82) is 0 Å². The third kappa shape index (κ3) is 3.10. The van der Waals surface area contributed by atoms with Gasteiger partial charge in [-0.25, -0.2) is 5.10 Å². The Labute approximate surface area is 152 Å². The zero-order valence-corrected chi connectivity index (χ0v) is 14.8. The maximum absolute atomic E-state index is 11.9. The van der Waals surface area contributed by atoms with E-state index in [2.05, 4.69) is 10.2 Å². The number of benzene rings is 2. The van der Waals surface area contributed by atoms with E-state index in [1.165, 1.54) is 38.5 Å². The molecule has 5 nitrogen and oxygen atoms in total. The van der Waals surface area contributed by atoms with Crippen molar-refractivity contribution in [2.75, 3.05) is 0 Å². The first kappa shape index (κ1) is 16.8. The van der Waals surface area contributed by atoms with E-state index in [9.17, 15) is 4.79 Å². The molecule has 1 fully saturated rings. The molecule has 2 heterocycles. The largest absolute Gasteiger partial charge is 0.456 e. The molecule has 0 amide bonds. The Morgan fingerprint density at radius 3 is 2.42 bits per heavy atom. The Morgan fingerprint density at radius 2 is 1.73 bits per heavy atom. The summed E-state index contributed by atoms with van der Waals surface area (Å²) in [6.45, 7) is 0.446. The first-order valence-corrected chi connectivity index (χ1v) is 9.30. The smallest absolute Gasteiger partial charge is 0.272 e. The number of H-pyrrole nitrogens is 1. The summed E-state index contributed by atoms with van der Waals surface area (Å²) in [6, 6.07) is 11.2. The molecular formula is C21H23N3O2. The Kier molecular flexibility index (Phi) is 4.71. The molecule has 0 atom stereocenters. The summed E-state index contributed by atoms with van der Waals surface area (Å²) in [4.78, 5) is 11.9. The molecule has 0 bridgehead atoms. The number of aromatic amines is 1. The fourth-order valence-corrected chi connectivity index (χ4v) is 3.62. The SMILES string of the molecule is C1CCCCC1.NCc1ccc2c(c1)-c1n[nH]c(=O)c3cccc(c13)O2. The van der Waals surface area contributed by atoms with Gasteiger partial charge < -0.3 is 10.5 Å². The summed E-state index contributed by atoms with van der Waals surface area (Å²) in [6.07, 6.45) is 9.00. The first-order chi connectivity index (χ1) is 12.8. The van der Waals surface area contributed by atoms with E-state index in [0.717, 1.165) is 28.0 Å². The monoisotopic (exact) mass is 349 g/mol. The normalized spacial score (nSPS) is 14.8. The minimum atomic E-state index is -0.215. The van der Waals surface area contributed by atoms with Crippen LogP contribution >= 0.6 is 0 Å². The lowest BCUT2D eigenvalue weighted by Crippen LogP contribution is -2.12. The zero-order chi connectivity index (χ0) is 17.9. The summed E-state index contributed by atoms with van der Waals surface area (Å²) < 4.78 is 5.87. The summed E-state index contributed by atoms with van der Waals surface area (Å²) in [5.74, 6) is 1.38. The Balaban J connectivity index is 0.000000240. The Hall–Kier alpha value is -2.66. The van der Waals surface area contributed by atoms with Crippen LogP contribution in [0.15, 0.2) is 41.2 Å². The first-order valence-electron chi connectivity index (χ1n) is 9.30. The van der Waals surface area contributed by atoms with Crippen molar-refractivity contribution in [2.24, 2.45) is 5.73 Å². The van der Waals surface area contributed by atoms with Gasteiger partial charge in [-0.3, -0.25) is 4.79 Å². The number of aromatic nitrogens is 2. The molecule has 5 rings (SSSR count). The number of hydrogen-bond donors (Lipinski definition) is 2. The fourth-order valence-electron chi connectivity index (χ4n) is 3.62. The van der Waals surface area contributed by atoms with Crippen LogP contribution in [0.3, 0.4) is 0 Å². The van der Waals surface area contributed by atoms with Crippen LogP contribution in [0.4, 0.5) is 0 Å². The van der Waals surface area contributed by atoms with Gasteiger partial charge in [-0.05, 0) is 29.8 Å². The highest BCUT2D eigenvalue weighted by Crippen LogP contribution is 2.44. The molecule has 2 aliphatic rings. The molecular weight excluding hydrogens is 326 g/mol. The second-order valence-corrected chi connectivity index (χ2v) is 6.84. The van der Waals surface area contributed by atoms with Crippen molar-refractivity contribution in [3.05, 3.63) is 52.3 Å². The Bertz CT molecular complexity index is 979. The molecule has 3 aromatic rings. The van der Waals surface area contributed by atoms with Crippen molar-refractivity contribution in [3.8, 4) is 22.8 Å². The summed E-state index contributed by atoms with van der Waals surface area (Å²) in [7, 11) is 0. The van der Waals surface area contributed by atoms with Gasteiger partial charge >= 0.3 is 0 Å². The van der Waals surface area contributed by atoms with Gasteiger partial charge in [0.1, 0.15) is 17.2 Å². The zero-order valence-electron chi connectivity index (χ0n) is 14.8. The van der Waals surface area contributed by atoms with Gasteiger partial charge in [0, 0.05) is 12.1 Å². The van der Waals surface area contributed by atoms with E-state index in [0.29, 0.717) is 17.7 Å². The molecule has 0 radical (unpaired) electrons. The molecule has 5 heteroatoms. The third-order valence-corrected chi connectivity index (χ3v) is 5.03. The predicted molar refractivity (Wildman–Crippen MR) is 103 cm³/mol. The van der Waals surface area contributed by atoms with Crippen molar-refractivity contribution >= 4 is 10.8 Å². The summed E-state index contributed by atoms with van der Waals surface area (Å²) in [5, 5.41) is 8.06. The molecule has 1 saturated carbocycles. The van der Waals surface area contributed by atoms with Crippen LogP contribution in [0.1, 0.15) is 44.1 Å². The van der Waals surface area contributed by atoms with Crippen LogP contribution in [0, 0.1) is 0 Å². The van der Waals surface area contributed by atoms with Crippen LogP contribution in [0.2, 0.25) is 0 Å². The minimum absolute atomic E-state index is 0.215. The highest BCUT2D eigenvalue weighted by molar-refractivity contribution is 6.01. The van der Waals surface area contributed by atoms with Gasteiger partial charge in [-0.1, -0.05) is 50.7 Å². The van der Waals surface area contributed by atoms with Crippen molar-refractivity contribution in [2.45, 2.75) is 45.1 Å². The molecule has 0 saturated heterocycles. The molecule has 0 unspecified atom stereocenters. The summed E-state index contributed by atoms with van der Waals surface area (Å²) >= 11 is 0. The van der Waals surface area contributed by atoms with E-state index in [-0.39, 0.29) is 5.56 Å². The molecule has 2 aromatic carbocycles. The van der Waals surface area contributed by atoms with Crippen molar-refractivity contribution in [3.63, 3.8) is 0 Å². The quantitative estimate of drug-likeness (QED) is 0.530. The van der Waals surface area contributed by atoms with Gasteiger partial charge in [0.15, 0.2) is 0 Å². The van der Waals surface area contributed by atoms with Gasteiger partial charge in [0.05, 0.1) is 10.8 Å². The number of nitrogens with zero attached hydrogens (tertiary/aromatic N) is 1. The van der Waals surface area contributed by atoms with Crippen molar-refractivity contribution < 1.29 is 4.74 Å². The van der Waals surface area contributed by atoms with Crippen molar-refractivity contribution in [1.82, 2.24) is 10.2 Å². The highest BCUT2D eigenvalue weighted by Gasteiger charge is 2.22. The fraction of sp³-hybridized carbons (Fsp3) is 0.333. The molecule has 1 aliphatic carbocycles. The van der Waals surface area contributed by atoms with Gasteiger partial charge in [0.25, 0.3) is 5.56 Å². The molecule has 1 aromatic heterocycles. The van der Waals surface area contributed by atoms with Crippen LogP contribution in [0.25, 0.3) is 22.0 Å². The lowest BCUT2D eigenvalue weighted by atomic mass is 9.99. The Morgan fingerprint density at radius 1 is 1.00 bits per heavy atom. The van der Waals surface area contributed by atoms with E-state index in [1.54, 1.807) is 12.1 Å². The second kappa shape index (κ2) is 7.30. The number of fused-ring (bicyclic) bond motifs is 2. The molecule has 1 aliphatic heterocycles. The number of nitrogens with two attached hydrogens (primary N) is 1. The highest BCUT2D eigenvalue weighted by atomic mass is 16.5. The predicted octanol–water partition coefficient (Wildman–Crippen LogP) is 4.50. The van der Waals surface area contributed by atoms with E-state index < -0.39 is 0 Å². The maximum Gasteiger partial charge on any atom is 0.272 e. The molecule has 3 N–H and O–H groups in total. The standard InChI is InChI=1S/C15H11N3O2.C6H12/c16-7-8-4-5-11-10(6-8)14-13-9(15(19)18-17-14)2-1-3-12(13)20-11;1-2-4-6-5-3-1/h1-6H,7,16H2,(H,18,19);1-6H2. The average Bonchev–Trinajstić information content (AvgIpc) is 2.71. The van der Waals surface area contributed by atoms with E-state index in [4.69, 9.17) is 10.5 Å². The van der Waals surface area contributed by atoms with Gasteiger partial charge in [0.2, 0.25) is 0 Å². The summed E-state index contributed by atoms with van der Waals surface area (Å²) in [5.41, 5.74) is 8.04. The van der Waals surface area contributed by atoms with E-state index in [1.807, 2.05) is 24.3 Å². The van der Waals surface area contributed by atoms with Crippen LogP contribution < -0.4 is 16.0 Å². The maximum atomic E-state index is 11.9. The third-order valence-electron chi connectivity index (χ3n) is 5.03. The van der Waals surface area contributed by atoms with Crippen LogP contribution in [-0.2, 0) is 6.54 Å². The topological polar surface area (TPSA) is 81.0 Å². The number of ether oxygens (including phenoxy) is 1. The molecule has 134 valence electrons. The molecule has 0 spiro atoms. The lowest BCUT2D eigenvalue weighted by molar-refractivity contribution is 0.486. The number of rotatable bonds is 1. The number of nitrogens with one attached hydrogen (secondary N) is 1. The van der Waals surface area contributed by atoms with Crippen LogP contribution in [0.5, 0.6) is 11.5 Å². The van der Waals surface area contributed by atoms with Gasteiger partial charge in [-0.2, -0.15) is 5.10 Å². The number of hydrogen-bond acceptors (Lipinski definition) is 4. The van der Waals surface area contributed by atoms with E-state index >= 15 is 0 Å². The van der Waals surface area contributed by atoms with Crippen LogP contribution in [-0.4, -0.2) is 10.2 Å². The second-order valence-electron chi connectivity index (χ2n) is 6.84. The minimum Gasteiger partial charge on any atom is -0.456 e. The molecule has 26 heavy (non-hydrogen) atoms. The average molecular weight is 349 g/mol. The van der Waals surface area contributed by atoms with Gasteiger partial charge in [-0.15, -0.1) is 0 Å². The lowest BCUT2D eigenvalue weighted by Gasteiger charge is -2.20.